The van der Waals surface area contributed by atoms with Crippen LogP contribution in [0, 0.1) is 5.82 Å². The van der Waals surface area contributed by atoms with Gasteiger partial charge in [-0.3, -0.25) is 0 Å². The predicted octanol–water partition coefficient (Wildman–Crippen LogP) is 2.96. The van der Waals surface area contributed by atoms with E-state index in [9.17, 15) is 9.50 Å². The number of hydrogen-bond donors (Lipinski definition) is 2. The Morgan fingerprint density at radius 2 is 2.00 bits per heavy atom. The molecule has 3 rings (SSSR count). The summed E-state index contributed by atoms with van der Waals surface area (Å²) in [5.74, 6) is 0.454. The molecule has 0 amide bonds. The molecule has 2 atom stereocenters. The van der Waals surface area contributed by atoms with Crippen molar-refractivity contribution < 1.29 is 14.2 Å². The summed E-state index contributed by atoms with van der Waals surface area (Å²) in [7, 11) is 3.41. The zero-order chi connectivity index (χ0) is 17.1. The number of hydrogen-bond acceptors (Lipinski definition) is 3. The molecular formula is C19H21FN2O2. The summed E-state index contributed by atoms with van der Waals surface area (Å²) in [4.78, 5) is 0. The van der Waals surface area contributed by atoms with E-state index in [4.69, 9.17) is 4.74 Å². The second-order valence-electron chi connectivity index (χ2n) is 5.74. The molecule has 2 aromatic carbocycles. The van der Waals surface area contributed by atoms with Crippen molar-refractivity contribution in [2.45, 2.75) is 12.1 Å². The zero-order valence-electron chi connectivity index (χ0n) is 13.7. The van der Waals surface area contributed by atoms with Crippen LogP contribution in [-0.4, -0.2) is 36.5 Å². The largest absolute Gasteiger partial charge is 0.496 e. The number of likely N-dealkylation sites (N-methyl/N-ethyl adjacent to an activating group) is 1. The molecule has 0 bridgehead atoms. The third-order valence-electron chi connectivity index (χ3n) is 4.21. The van der Waals surface area contributed by atoms with Crippen molar-refractivity contribution in [3.63, 3.8) is 0 Å². The second-order valence-corrected chi connectivity index (χ2v) is 5.74. The van der Waals surface area contributed by atoms with Gasteiger partial charge in [-0.2, -0.15) is 0 Å². The maximum atomic E-state index is 13.7. The van der Waals surface area contributed by atoms with Crippen LogP contribution in [0.1, 0.15) is 11.6 Å². The summed E-state index contributed by atoms with van der Waals surface area (Å²) < 4.78 is 21.1. The third-order valence-corrected chi connectivity index (χ3v) is 4.21. The maximum Gasteiger partial charge on any atom is 0.128 e. The lowest BCUT2D eigenvalue weighted by atomic mass is 10.0. The summed E-state index contributed by atoms with van der Waals surface area (Å²) in [6.07, 6.45) is 1.19. The van der Waals surface area contributed by atoms with E-state index in [1.807, 2.05) is 41.1 Å². The minimum Gasteiger partial charge on any atom is -0.496 e. The first-order chi connectivity index (χ1) is 11.7. The number of ether oxygens (including phenoxy) is 1. The molecule has 24 heavy (non-hydrogen) atoms. The molecule has 0 fully saturated rings. The Hall–Kier alpha value is -2.37. The number of fused-ring (bicyclic) bond motifs is 1. The van der Waals surface area contributed by atoms with Crippen molar-refractivity contribution in [1.29, 1.82) is 0 Å². The standard InChI is InChI=1S/C19H21FN2O2/c1-21-12-17(23)19(13-5-3-6-14(20)11-13)22-10-9-15-16(22)7-4-8-18(15)24-2/h3-11,17,19,21,23H,12H2,1-2H3. The Balaban J connectivity index is 2.16. The number of methoxy groups -OCH3 is 1. The van der Waals surface area contributed by atoms with Crippen LogP contribution in [0.5, 0.6) is 5.75 Å². The highest BCUT2D eigenvalue weighted by molar-refractivity contribution is 5.86. The van der Waals surface area contributed by atoms with Crippen LogP contribution in [0.4, 0.5) is 4.39 Å². The molecule has 0 saturated heterocycles. The fourth-order valence-electron chi connectivity index (χ4n) is 3.16. The average molecular weight is 328 g/mol. The van der Waals surface area contributed by atoms with Gasteiger partial charge in [0.25, 0.3) is 0 Å². The third kappa shape index (κ3) is 3.00. The lowest BCUT2D eigenvalue weighted by Crippen LogP contribution is -2.33. The minimum atomic E-state index is -0.710. The molecule has 0 aliphatic carbocycles. The summed E-state index contributed by atoms with van der Waals surface area (Å²) >= 11 is 0. The lowest BCUT2D eigenvalue weighted by molar-refractivity contribution is 0.132. The monoisotopic (exact) mass is 328 g/mol. The SMILES string of the molecule is CNCC(O)C(c1cccc(F)c1)n1ccc2c(OC)cccc21. The molecule has 0 saturated carbocycles. The van der Waals surface area contributed by atoms with Crippen LogP contribution in [0.2, 0.25) is 0 Å². The van der Waals surface area contributed by atoms with E-state index in [0.29, 0.717) is 6.54 Å². The predicted molar refractivity (Wildman–Crippen MR) is 93.0 cm³/mol. The number of nitrogens with zero attached hydrogens (tertiary/aromatic N) is 1. The molecule has 126 valence electrons. The van der Waals surface area contributed by atoms with Gasteiger partial charge < -0.3 is 19.7 Å². The normalized spacial score (nSPS) is 13.8. The number of rotatable bonds is 6. The first-order valence-electron chi connectivity index (χ1n) is 7.87. The Kier molecular flexibility index (Phi) is 4.83. The highest BCUT2D eigenvalue weighted by Crippen LogP contribution is 2.32. The van der Waals surface area contributed by atoms with Gasteiger partial charge in [0.05, 0.1) is 24.8 Å². The van der Waals surface area contributed by atoms with Crippen molar-refractivity contribution in [3.8, 4) is 5.75 Å². The second kappa shape index (κ2) is 7.03. The van der Waals surface area contributed by atoms with Crippen molar-refractivity contribution in [2.24, 2.45) is 0 Å². The van der Waals surface area contributed by atoms with E-state index >= 15 is 0 Å². The molecule has 2 N–H and O–H groups in total. The fraction of sp³-hybridized carbons (Fsp3) is 0.263. The quantitative estimate of drug-likeness (QED) is 0.731. The van der Waals surface area contributed by atoms with Crippen LogP contribution in [0.25, 0.3) is 10.9 Å². The fourth-order valence-corrected chi connectivity index (χ4v) is 3.16. The first-order valence-corrected chi connectivity index (χ1v) is 7.87. The lowest BCUT2D eigenvalue weighted by Gasteiger charge is -2.26. The number of nitrogens with one attached hydrogen (secondary N) is 1. The molecule has 0 aliphatic rings. The van der Waals surface area contributed by atoms with E-state index in [-0.39, 0.29) is 5.82 Å². The van der Waals surface area contributed by atoms with E-state index in [1.54, 1.807) is 20.2 Å². The molecule has 1 heterocycles. The Labute approximate surface area is 140 Å². The summed E-state index contributed by atoms with van der Waals surface area (Å²) in [5.41, 5.74) is 1.65. The molecule has 5 heteroatoms. The van der Waals surface area contributed by atoms with Crippen LogP contribution < -0.4 is 10.1 Å². The van der Waals surface area contributed by atoms with E-state index in [0.717, 1.165) is 22.2 Å². The molecule has 0 aliphatic heterocycles. The molecule has 0 spiro atoms. The summed E-state index contributed by atoms with van der Waals surface area (Å²) in [5, 5.41) is 14.6. The minimum absolute atomic E-state index is 0.316. The van der Waals surface area contributed by atoms with Crippen LogP contribution in [0.3, 0.4) is 0 Å². The highest BCUT2D eigenvalue weighted by atomic mass is 19.1. The van der Waals surface area contributed by atoms with Gasteiger partial charge in [-0.1, -0.05) is 18.2 Å². The van der Waals surface area contributed by atoms with Gasteiger partial charge in [0.15, 0.2) is 0 Å². The van der Waals surface area contributed by atoms with Crippen molar-refractivity contribution >= 4 is 10.9 Å². The van der Waals surface area contributed by atoms with Crippen LogP contribution >= 0.6 is 0 Å². The van der Waals surface area contributed by atoms with Crippen LogP contribution in [0.15, 0.2) is 54.7 Å². The molecule has 3 aromatic rings. The average Bonchev–Trinajstić information content (AvgIpc) is 2.99. The van der Waals surface area contributed by atoms with Gasteiger partial charge in [0, 0.05) is 18.1 Å². The van der Waals surface area contributed by atoms with Crippen LogP contribution in [-0.2, 0) is 0 Å². The summed E-state index contributed by atoms with van der Waals surface area (Å²) in [6, 6.07) is 13.7. The maximum absolute atomic E-state index is 13.7. The highest BCUT2D eigenvalue weighted by Gasteiger charge is 2.24. The first kappa shape index (κ1) is 16.5. The molecular weight excluding hydrogens is 307 g/mol. The Morgan fingerprint density at radius 1 is 1.21 bits per heavy atom. The van der Waals surface area contributed by atoms with Gasteiger partial charge in [-0.15, -0.1) is 0 Å². The number of aliphatic hydroxyl groups excluding tert-OH is 1. The van der Waals surface area contributed by atoms with Gasteiger partial charge in [0.2, 0.25) is 0 Å². The van der Waals surface area contributed by atoms with Gasteiger partial charge in [-0.25, -0.2) is 4.39 Å². The van der Waals surface area contributed by atoms with Crippen molar-refractivity contribution in [3.05, 3.63) is 66.1 Å². The number of halogens is 1. The smallest absolute Gasteiger partial charge is 0.128 e. The van der Waals surface area contributed by atoms with Gasteiger partial charge >= 0.3 is 0 Å². The van der Waals surface area contributed by atoms with E-state index in [1.165, 1.54) is 12.1 Å². The Bertz CT molecular complexity index is 831. The van der Waals surface area contributed by atoms with Crippen molar-refractivity contribution in [2.75, 3.05) is 20.7 Å². The number of aromatic nitrogens is 1. The number of aliphatic hydroxyl groups is 1. The molecule has 1 aromatic heterocycles. The molecule has 0 radical (unpaired) electrons. The van der Waals surface area contributed by atoms with E-state index < -0.39 is 12.1 Å². The topological polar surface area (TPSA) is 46.4 Å². The Morgan fingerprint density at radius 3 is 2.71 bits per heavy atom. The van der Waals surface area contributed by atoms with Gasteiger partial charge in [-0.05, 0) is 42.9 Å². The zero-order valence-corrected chi connectivity index (χ0v) is 13.7. The number of benzene rings is 2. The molecule has 4 nitrogen and oxygen atoms in total. The van der Waals surface area contributed by atoms with Gasteiger partial charge in [0.1, 0.15) is 11.6 Å². The van der Waals surface area contributed by atoms with Crippen molar-refractivity contribution in [1.82, 2.24) is 9.88 Å². The molecule has 2 unspecified atom stereocenters. The van der Waals surface area contributed by atoms with E-state index in [2.05, 4.69) is 5.32 Å². The summed E-state index contributed by atoms with van der Waals surface area (Å²) in [6.45, 7) is 0.394.